The van der Waals surface area contributed by atoms with Gasteiger partial charge in [-0.25, -0.2) is 9.97 Å². The van der Waals surface area contributed by atoms with Crippen LogP contribution in [0.3, 0.4) is 0 Å². The van der Waals surface area contributed by atoms with Gasteiger partial charge in [-0.2, -0.15) is 0 Å². The Morgan fingerprint density at radius 1 is 1.57 bits per heavy atom. The fourth-order valence-electron chi connectivity index (χ4n) is 1.34. The van der Waals surface area contributed by atoms with E-state index in [9.17, 15) is 0 Å². The molecule has 76 valence electrons. The fourth-order valence-corrected chi connectivity index (χ4v) is 1.56. The number of hydrogen-bond acceptors (Lipinski definition) is 3. The number of aryl methyl sites for hydroxylation is 1. The molecule has 0 atom stereocenters. The van der Waals surface area contributed by atoms with Crippen LogP contribution in [-0.2, 0) is 12.3 Å². The summed E-state index contributed by atoms with van der Waals surface area (Å²) in [6, 6.07) is 0.599. The summed E-state index contributed by atoms with van der Waals surface area (Å²) in [5.74, 6) is 1.24. The van der Waals surface area contributed by atoms with Gasteiger partial charge in [-0.3, -0.25) is 0 Å². The van der Waals surface area contributed by atoms with Crippen molar-refractivity contribution in [3.63, 3.8) is 0 Å². The van der Waals surface area contributed by atoms with E-state index in [0.29, 0.717) is 11.9 Å². The molecule has 0 aromatic carbocycles. The molecular weight excluding hydrogens is 198 g/mol. The lowest BCUT2D eigenvalue weighted by molar-refractivity contribution is 0.946. The number of nitrogens with one attached hydrogen (secondary N) is 1. The lowest BCUT2D eigenvalue weighted by atomic mass is 10.2. The van der Waals surface area contributed by atoms with Gasteiger partial charge in [0.25, 0.3) is 0 Å². The molecule has 1 aliphatic rings. The molecule has 2 rings (SSSR count). The predicted octanol–water partition coefficient (Wildman–Crippen LogP) is 2.35. The van der Waals surface area contributed by atoms with E-state index in [1.165, 1.54) is 12.8 Å². The van der Waals surface area contributed by atoms with Crippen LogP contribution in [0.4, 0.5) is 5.95 Å². The molecule has 0 saturated heterocycles. The molecule has 1 aromatic rings. The van der Waals surface area contributed by atoms with E-state index in [2.05, 4.69) is 22.2 Å². The smallest absolute Gasteiger partial charge is 0.223 e. The Kier molecular flexibility index (Phi) is 2.87. The van der Waals surface area contributed by atoms with Crippen molar-refractivity contribution in [3.05, 3.63) is 17.5 Å². The molecule has 0 unspecified atom stereocenters. The van der Waals surface area contributed by atoms with Crippen molar-refractivity contribution in [1.82, 2.24) is 9.97 Å². The molecule has 1 heterocycles. The molecule has 1 fully saturated rings. The third-order valence-corrected chi connectivity index (χ3v) is 2.63. The Balaban J connectivity index is 2.16. The second-order valence-corrected chi connectivity index (χ2v) is 3.84. The molecule has 0 radical (unpaired) electrons. The zero-order chi connectivity index (χ0) is 9.97. The number of halogens is 1. The molecule has 0 bridgehead atoms. The number of nitrogens with zero attached hydrogens (tertiary/aromatic N) is 2. The van der Waals surface area contributed by atoms with Crippen LogP contribution in [0, 0.1) is 0 Å². The molecule has 1 saturated carbocycles. The zero-order valence-corrected chi connectivity index (χ0v) is 9.01. The first-order valence-corrected chi connectivity index (χ1v) is 5.54. The van der Waals surface area contributed by atoms with Crippen LogP contribution in [0.15, 0.2) is 6.20 Å². The Hall–Kier alpha value is -0.830. The first-order valence-electron chi connectivity index (χ1n) is 5.00. The van der Waals surface area contributed by atoms with Crippen LogP contribution < -0.4 is 5.32 Å². The first-order chi connectivity index (χ1) is 6.83. The van der Waals surface area contributed by atoms with Gasteiger partial charge in [-0.15, -0.1) is 11.6 Å². The van der Waals surface area contributed by atoms with E-state index in [-0.39, 0.29) is 0 Å². The summed E-state index contributed by atoms with van der Waals surface area (Å²) in [6.07, 6.45) is 5.21. The third-order valence-electron chi connectivity index (χ3n) is 2.34. The molecule has 14 heavy (non-hydrogen) atoms. The van der Waals surface area contributed by atoms with Crippen LogP contribution in [0.2, 0.25) is 0 Å². The van der Waals surface area contributed by atoms with Crippen molar-refractivity contribution in [2.45, 2.75) is 38.1 Å². The van der Waals surface area contributed by atoms with Gasteiger partial charge in [-0.1, -0.05) is 6.92 Å². The fraction of sp³-hybridized carbons (Fsp3) is 0.600. The van der Waals surface area contributed by atoms with Crippen LogP contribution in [-0.4, -0.2) is 16.0 Å². The van der Waals surface area contributed by atoms with E-state index in [1.807, 2.05) is 6.20 Å². The van der Waals surface area contributed by atoms with Gasteiger partial charge in [0.1, 0.15) is 0 Å². The molecule has 0 spiro atoms. The molecule has 3 nitrogen and oxygen atoms in total. The van der Waals surface area contributed by atoms with Crippen molar-refractivity contribution in [1.29, 1.82) is 0 Å². The zero-order valence-electron chi connectivity index (χ0n) is 8.26. The summed E-state index contributed by atoms with van der Waals surface area (Å²) in [7, 11) is 0. The Bertz CT molecular complexity index is 323. The highest BCUT2D eigenvalue weighted by atomic mass is 35.5. The summed E-state index contributed by atoms with van der Waals surface area (Å²) in [5, 5.41) is 3.28. The van der Waals surface area contributed by atoms with Crippen LogP contribution >= 0.6 is 11.6 Å². The van der Waals surface area contributed by atoms with Gasteiger partial charge >= 0.3 is 0 Å². The van der Waals surface area contributed by atoms with E-state index in [4.69, 9.17) is 11.6 Å². The van der Waals surface area contributed by atoms with E-state index in [0.717, 1.165) is 23.6 Å². The summed E-state index contributed by atoms with van der Waals surface area (Å²) >= 11 is 5.78. The quantitative estimate of drug-likeness (QED) is 0.777. The number of anilines is 1. The summed E-state index contributed by atoms with van der Waals surface area (Å²) in [4.78, 5) is 8.67. The van der Waals surface area contributed by atoms with Crippen molar-refractivity contribution >= 4 is 17.5 Å². The third kappa shape index (κ3) is 2.15. The second-order valence-electron chi connectivity index (χ2n) is 3.57. The Morgan fingerprint density at radius 2 is 2.36 bits per heavy atom. The molecular formula is C10H14ClN3. The van der Waals surface area contributed by atoms with E-state index >= 15 is 0 Å². The van der Waals surface area contributed by atoms with Gasteiger partial charge in [0.15, 0.2) is 0 Å². The summed E-state index contributed by atoms with van der Waals surface area (Å²) in [5.41, 5.74) is 2.09. The molecule has 0 aliphatic heterocycles. The maximum atomic E-state index is 5.78. The van der Waals surface area contributed by atoms with Crippen LogP contribution in [0.1, 0.15) is 31.0 Å². The minimum Gasteiger partial charge on any atom is -0.351 e. The lowest BCUT2D eigenvalue weighted by Crippen LogP contribution is -2.08. The molecule has 1 N–H and O–H groups in total. The highest BCUT2D eigenvalue weighted by molar-refractivity contribution is 6.17. The molecule has 1 aromatic heterocycles. The average molecular weight is 212 g/mol. The van der Waals surface area contributed by atoms with Crippen LogP contribution in [0.25, 0.3) is 0 Å². The Morgan fingerprint density at radius 3 is 2.93 bits per heavy atom. The van der Waals surface area contributed by atoms with Crippen molar-refractivity contribution in [3.8, 4) is 0 Å². The number of aromatic nitrogens is 2. The lowest BCUT2D eigenvalue weighted by Gasteiger charge is -2.07. The molecule has 0 amide bonds. The normalized spacial score (nSPS) is 15.6. The molecule has 1 aliphatic carbocycles. The summed E-state index contributed by atoms with van der Waals surface area (Å²) < 4.78 is 0. The second kappa shape index (κ2) is 4.13. The maximum absolute atomic E-state index is 5.78. The minimum atomic E-state index is 0.493. The number of alkyl halides is 1. The highest BCUT2D eigenvalue weighted by Gasteiger charge is 2.22. The van der Waals surface area contributed by atoms with Crippen molar-refractivity contribution in [2.24, 2.45) is 0 Å². The van der Waals surface area contributed by atoms with Gasteiger partial charge in [0, 0.05) is 17.8 Å². The van der Waals surface area contributed by atoms with Crippen molar-refractivity contribution in [2.75, 3.05) is 5.32 Å². The average Bonchev–Trinajstić information content (AvgIpc) is 3.01. The van der Waals surface area contributed by atoms with Gasteiger partial charge in [0.2, 0.25) is 5.95 Å². The van der Waals surface area contributed by atoms with E-state index in [1.54, 1.807) is 0 Å². The number of hydrogen-bond donors (Lipinski definition) is 1. The standard InChI is InChI=1S/C10H14ClN3/c1-2-9-7(5-11)6-12-10(14-9)13-8-3-4-8/h6,8H,2-5H2,1H3,(H,12,13,14). The highest BCUT2D eigenvalue weighted by Crippen LogP contribution is 2.23. The monoisotopic (exact) mass is 211 g/mol. The SMILES string of the molecule is CCc1nc(NC2CC2)ncc1CCl. The van der Waals surface area contributed by atoms with E-state index < -0.39 is 0 Å². The maximum Gasteiger partial charge on any atom is 0.223 e. The van der Waals surface area contributed by atoms with Crippen molar-refractivity contribution < 1.29 is 0 Å². The minimum absolute atomic E-state index is 0.493. The molecule has 4 heteroatoms. The largest absolute Gasteiger partial charge is 0.351 e. The Labute approximate surface area is 88.9 Å². The first kappa shape index (κ1) is 9.71. The number of rotatable bonds is 4. The van der Waals surface area contributed by atoms with Gasteiger partial charge < -0.3 is 5.32 Å². The predicted molar refractivity (Wildman–Crippen MR) is 57.6 cm³/mol. The van der Waals surface area contributed by atoms with Gasteiger partial charge in [-0.05, 0) is 19.3 Å². The van der Waals surface area contributed by atoms with Crippen LogP contribution in [0.5, 0.6) is 0 Å². The summed E-state index contributed by atoms with van der Waals surface area (Å²) in [6.45, 7) is 2.08. The van der Waals surface area contributed by atoms with Gasteiger partial charge in [0.05, 0.1) is 11.6 Å². The topological polar surface area (TPSA) is 37.8 Å².